The van der Waals surface area contributed by atoms with Crippen LogP contribution < -0.4 is 5.32 Å². The molecule has 1 unspecified atom stereocenters. The molecule has 14 heavy (non-hydrogen) atoms. The maximum Gasteiger partial charge on any atom is 0.222 e. The Morgan fingerprint density at radius 1 is 1.64 bits per heavy atom. The van der Waals surface area contributed by atoms with Crippen LogP contribution in [0.4, 0.5) is 0 Å². The highest BCUT2D eigenvalue weighted by atomic mass is 16.3. The zero-order chi connectivity index (χ0) is 10.4. The minimum atomic E-state index is 0.209. The Morgan fingerprint density at radius 2 is 2.43 bits per heavy atom. The third-order valence-corrected chi connectivity index (χ3v) is 2.71. The number of aliphatic hydroxyl groups excluding tert-OH is 1. The van der Waals surface area contributed by atoms with Crippen LogP contribution in [0.25, 0.3) is 0 Å². The summed E-state index contributed by atoms with van der Waals surface area (Å²) in [5.41, 5.74) is 0. The average Bonchev–Trinajstić information content (AvgIpc) is 2.66. The summed E-state index contributed by atoms with van der Waals surface area (Å²) in [6.07, 6.45) is 2.48. The topological polar surface area (TPSA) is 52.6 Å². The van der Waals surface area contributed by atoms with Crippen LogP contribution in [-0.2, 0) is 4.79 Å². The fraction of sp³-hybridized carbons (Fsp3) is 0.900. The second-order valence-corrected chi connectivity index (χ2v) is 3.88. The summed E-state index contributed by atoms with van der Waals surface area (Å²) >= 11 is 0. The van der Waals surface area contributed by atoms with E-state index >= 15 is 0 Å². The molecule has 82 valence electrons. The Bertz CT molecular complexity index is 185. The predicted molar refractivity (Wildman–Crippen MR) is 54.9 cm³/mol. The van der Waals surface area contributed by atoms with E-state index in [1.807, 2.05) is 11.9 Å². The number of hydrogen-bond donors (Lipinski definition) is 2. The molecule has 2 N–H and O–H groups in total. The molecule has 0 aliphatic carbocycles. The first-order valence-corrected chi connectivity index (χ1v) is 5.31. The quantitative estimate of drug-likeness (QED) is 0.606. The summed E-state index contributed by atoms with van der Waals surface area (Å²) < 4.78 is 0. The Kier molecular flexibility index (Phi) is 4.90. The first-order chi connectivity index (χ1) is 6.77. The summed E-state index contributed by atoms with van der Waals surface area (Å²) in [4.78, 5) is 13.5. The van der Waals surface area contributed by atoms with Gasteiger partial charge in [0, 0.05) is 32.0 Å². The molecule has 4 nitrogen and oxygen atoms in total. The van der Waals surface area contributed by atoms with Gasteiger partial charge in [-0.15, -0.1) is 0 Å². The molecule has 1 amide bonds. The van der Waals surface area contributed by atoms with Gasteiger partial charge in [-0.25, -0.2) is 0 Å². The van der Waals surface area contributed by atoms with E-state index in [4.69, 9.17) is 5.11 Å². The van der Waals surface area contributed by atoms with Gasteiger partial charge in [0.05, 0.1) is 0 Å². The number of nitrogens with zero attached hydrogens (tertiary/aromatic N) is 1. The minimum absolute atomic E-state index is 0.209. The van der Waals surface area contributed by atoms with Crippen molar-refractivity contribution in [3.8, 4) is 0 Å². The lowest BCUT2D eigenvalue weighted by molar-refractivity contribution is -0.130. The van der Waals surface area contributed by atoms with E-state index in [0.29, 0.717) is 12.3 Å². The van der Waals surface area contributed by atoms with Crippen LogP contribution in [0.2, 0.25) is 0 Å². The van der Waals surface area contributed by atoms with E-state index in [9.17, 15) is 4.79 Å². The van der Waals surface area contributed by atoms with Crippen molar-refractivity contribution in [3.05, 3.63) is 0 Å². The molecule has 1 aliphatic heterocycles. The van der Waals surface area contributed by atoms with Gasteiger partial charge in [0.15, 0.2) is 0 Å². The van der Waals surface area contributed by atoms with E-state index in [1.165, 1.54) is 0 Å². The molecule has 0 aromatic heterocycles. The number of aliphatic hydroxyl groups is 1. The number of carbonyl (C=O) groups is 1. The molecule has 1 aliphatic rings. The number of rotatable bonds is 5. The molecular formula is C10H20N2O2. The van der Waals surface area contributed by atoms with Crippen molar-refractivity contribution in [1.82, 2.24) is 10.2 Å². The predicted octanol–water partition coefficient (Wildman–Crippen LogP) is -0.173. The maximum atomic E-state index is 11.6. The molecule has 0 aromatic carbocycles. The van der Waals surface area contributed by atoms with Gasteiger partial charge in [0.25, 0.3) is 0 Å². The van der Waals surface area contributed by atoms with Gasteiger partial charge in [0.2, 0.25) is 5.91 Å². The van der Waals surface area contributed by atoms with Gasteiger partial charge >= 0.3 is 0 Å². The van der Waals surface area contributed by atoms with Crippen molar-refractivity contribution in [2.75, 3.05) is 33.3 Å². The lowest BCUT2D eigenvalue weighted by Crippen LogP contribution is -2.29. The second-order valence-electron chi connectivity index (χ2n) is 3.88. The summed E-state index contributed by atoms with van der Waals surface area (Å²) in [5, 5.41) is 12.0. The first-order valence-electron chi connectivity index (χ1n) is 5.31. The first kappa shape index (κ1) is 11.5. The molecule has 0 bridgehead atoms. The Hall–Kier alpha value is -0.610. The summed E-state index contributed by atoms with van der Waals surface area (Å²) in [6, 6.07) is 0. The SMILES string of the molecule is CNCCCC(=O)N1CCC(CO)C1. The number of hydrogen-bond acceptors (Lipinski definition) is 3. The van der Waals surface area contributed by atoms with E-state index in [0.717, 1.165) is 32.5 Å². The fourth-order valence-corrected chi connectivity index (χ4v) is 1.78. The molecule has 1 saturated heterocycles. The van der Waals surface area contributed by atoms with Crippen molar-refractivity contribution in [3.63, 3.8) is 0 Å². The molecule has 0 radical (unpaired) electrons. The number of carbonyl (C=O) groups excluding carboxylic acids is 1. The molecule has 1 atom stereocenters. The normalized spacial score (nSPS) is 21.6. The van der Waals surface area contributed by atoms with E-state index in [-0.39, 0.29) is 12.5 Å². The lowest BCUT2D eigenvalue weighted by Gasteiger charge is -2.15. The molecule has 1 heterocycles. The molecular weight excluding hydrogens is 180 g/mol. The fourth-order valence-electron chi connectivity index (χ4n) is 1.78. The minimum Gasteiger partial charge on any atom is -0.396 e. The van der Waals surface area contributed by atoms with E-state index < -0.39 is 0 Å². The third-order valence-electron chi connectivity index (χ3n) is 2.71. The standard InChI is InChI=1S/C10H20N2O2/c1-11-5-2-3-10(14)12-6-4-9(7-12)8-13/h9,11,13H,2-8H2,1H3. The third kappa shape index (κ3) is 3.27. The Labute approximate surface area is 85.3 Å². The van der Waals surface area contributed by atoms with Crippen LogP contribution in [0, 0.1) is 5.92 Å². The summed E-state index contributed by atoms with van der Waals surface area (Å²) in [5.74, 6) is 0.541. The highest BCUT2D eigenvalue weighted by Gasteiger charge is 2.24. The molecule has 0 saturated carbocycles. The highest BCUT2D eigenvalue weighted by molar-refractivity contribution is 5.76. The van der Waals surface area contributed by atoms with Gasteiger partial charge in [-0.1, -0.05) is 0 Å². The smallest absolute Gasteiger partial charge is 0.222 e. The Balaban J connectivity index is 2.18. The Morgan fingerprint density at radius 3 is 3.00 bits per heavy atom. The van der Waals surface area contributed by atoms with Gasteiger partial charge in [-0.05, 0) is 26.4 Å². The lowest BCUT2D eigenvalue weighted by atomic mass is 10.1. The van der Waals surface area contributed by atoms with Crippen LogP contribution in [0.15, 0.2) is 0 Å². The van der Waals surface area contributed by atoms with Crippen LogP contribution in [-0.4, -0.2) is 49.2 Å². The van der Waals surface area contributed by atoms with Crippen molar-refractivity contribution in [2.24, 2.45) is 5.92 Å². The molecule has 0 spiro atoms. The largest absolute Gasteiger partial charge is 0.396 e. The number of amides is 1. The highest BCUT2D eigenvalue weighted by Crippen LogP contribution is 2.16. The van der Waals surface area contributed by atoms with Gasteiger partial charge in [-0.2, -0.15) is 0 Å². The van der Waals surface area contributed by atoms with E-state index in [1.54, 1.807) is 0 Å². The van der Waals surface area contributed by atoms with Crippen molar-refractivity contribution >= 4 is 5.91 Å². The number of likely N-dealkylation sites (tertiary alicyclic amines) is 1. The zero-order valence-electron chi connectivity index (χ0n) is 8.83. The molecule has 4 heteroatoms. The van der Waals surface area contributed by atoms with Crippen molar-refractivity contribution in [2.45, 2.75) is 19.3 Å². The molecule has 1 rings (SSSR count). The average molecular weight is 200 g/mol. The van der Waals surface area contributed by atoms with Gasteiger partial charge in [-0.3, -0.25) is 4.79 Å². The maximum absolute atomic E-state index is 11.6. The zero-order valence-corrected chi connectivity index (χ0v) is 8.83. The van der Waals surface area contributed by atoms with Crippen LogP contribution in [0.5, 0.6) is 0 Å². The van der Waals surface area contributed by atoms with Crippen LogP contribution in [0.3, 0.4) is 0 Å². The van der Waals surface area contributed by atoms with Crippen LogP contribution >= 0.6 is 0 Å². The van der Waals surface area contributed by atoms with Crippen molar-refractivity contribution < 1.29 is 9.90 Å². The van der Waals surface area contributed by atoms with Gasteiger partial charge < -0.3 is 15.3 Å². The summed E-state index contributed by atoms with van der Waals surface area (Å²) in [6.45, 7) is 2.67. The monoisotopic (exact) mass is 200 g/mol. The van der Waals surface area contributed by atoms with E-state index in [2.05, 4.69) is 5.32 Å². The summed E-state index contributed by atoms with van der Waals surface area (Å²) in [7, 11) is 1.89. The number of nitrogens with one attached hydrogen (secondary N) is 1. The molecule has 1 fully saturated rings. The molecule has 0 aromatic rings. The van der Waals surface area contributed by atoms with Crippen LogP contribution in [0.1, 0.15) is 19.3 Å². The van der Waals surface area contributed by atoms with Crippen molar-refractivity contribution in [1.29, 1.82) is 0 Å². The second kappa shape index (κ2) is 5.98. The van der Waals surface area contributed by atoms with Gasteiger partial charge in [0.1, 0.15) is 0 Å².